The van der Waals surface area contributed by atoms with Gasteiger partial charge in [-0.05, 0) is 49.3 Å². The maximum absolute atomic E-state index is 14.7. The van der Waals surface area contributed by atoms with Crippen molar-refractivity contribution in [3.05, 3.63) is 64.5 Å². The molecule has 2 aromatic rings. The first-order valence-electron chi connectivity index (χ1n) is 11.4. The first kappa shape index (κ1) is 26.8. The predicted molar refractivity (Wildman–Crippen MR) is 113 cm³/mol. The van der Waals surface area contributed by atoms with Gasteiger partial charge in [0.1, 0.15) is 17.7 Å². The lowest BCUT2D eigenvalue weighted by Gasteiger charge is -2.27. The molecule has 4 rings (SSSR count). The molecule has 2 heterocycles. The van der Waals surface area contributed by atoms with Crippen molar-refractivity contribution < 1.29 is 44.7 Å². The summed E-state index contributed by atoms with van der Waals surface area (Å²) in [5.74, 6) is -5.23. The quantitative estimate of drug-likeness (QED) is 0.514. The third-order valence-corrected chi connectivity index (χ3v) is 6.50. The van der Waals surface area contributed by atoms with Gasteiger partial charge in [0.2, 0.25) is 5.91 Å². The zero-order chi connectivity index (χ0) is 27.3. The number of hydrogen-bond acceptors (Lipinski definition) is 3. The van der Waals surface area contributed by atoms with E-state index in [1.165, 1.54) is 0 Å². The second-order valence-electron chi connectivity index (χ2n) is 9.45. The summed E-state index contributed by atoms with van der Waals surface area (Å²) < 4.78 is 107. The fourth-order valence-electron chi connectivity index (χ4n) is 4.54. The molecule has 1 saturated heterocycles. The molecule has 1 aromatic carbocycles. The van der Waals surface area contributed by atoms with Crippen LogP contribution in [0.5, 0.6) is 0 Å². The van der Waals surface area contributed by atoms with Crippen LogP contribution in [0, 0.1) is 23.5 Å². The number of hydrogen-bond donors (Lipinski definition) is 1. The molecule has 2 fully saturated rings. The van der Waals surface area contributed by atoms with Crippen molar-refractivity contribution in [2.75, 3.05) is 6.54 Å². The Hall–Kier alpha value is -3.25. The van der Waals surface area contributed by atoms with E-state index in [-0.39, 0.29) is 36.4 Å². The average Bonchev–Trinajstić information content (AvgIpc) is 3.57. The van der Waals surface area contributed by atoms with Crippen molar-refractivity contribution in [1.29, 1.82) is 0 Å². The zero-order valence-electron chi connectivity index (χ0n) is 19.3. The first-order valence-corrected chi connectivity index (χ1v) is 11.4. The summed E-state index contributed by atoms with van der Waals surface area (Å²) >= 11 is 0. The first-order chi connectivity index (χ1) is 17.2. The van der Waals surface area contributed by atoms with E-state index in [1.54, 1.807) is 6.92 Å². The molecule has 0 bridgehead atoms. The Morgan fingerprint density at radius 1 is 1.00 bits per heavy atom. The van der Waals surface area contributed by atoms with E-state index in [4.69, 9.17) is 0 Å². The lowest BCUT2D eigenvalue weighted by molar-refractivity contribution is -0.140. The molecule has 2 amide bonds. The number of halogens is 8. The second kappa shape index (κ2) is 9.56. The highest BCUT2D eigenvalue weighted by atomic mass is 19.4. The van der Waals surface area contributed by atoms with Crippen LogP contribution in [-0.4, -0.2) is 34.3 Å². The van der Waals surface area contributed by atoms with Gasteiger partial charge in [-0.15, -0.1) is 0 Å². The molecule has 5 nitrogen and oxygen atoms in total. The van der Waals surface area contributed by atoms with E-state index in [1.807, 2.05) is 0 Å². The normalized spacial score (nSPS) is 21.2. The molecule has 1 aromatic heterocycles. The summed E-state index contributed by atoms with van der Waals surface area (Å²) in [5.41, 5.74) is -3.74. The van der Waals surface area contributed by atoms with Crippen LogP contribution in [0.1, 0.15) is 59.3 Å². The van der Waals surface area contributed by atoms with Gasteiger partial charge in [0.05, 0.1) is 22.7 Å². The van der Waals surface area contributed by atoms with Crippen molar-refractivity contribution in [1.82, 2.24) is 15.2 Å². The van der Waals surface area contributed by atoms with Crippen LogP contribution in [0.2, 0.25) is 0 Å². The highest BCUT2D eigenvalue weighted by Crippen LogP contribution is 2.43. The number of carbonyl (C=O) groups is 2. The van der Waals surface area contributed by atoms with Crippen LogP contribution in [0.15, 0.2) is 30.6 Å². The summed E-state index contributed by atoms with van der Waals surface area (Å²) in [6.07, 6.45) is -7.18. The third-order valence-electron chi connectivity index (χ3n) is 6.50. The number of nitrogens with zero attached hydrogens (tertiary/aromatic N) is 2. The van der Waals surface area contributed by atoms with Crippen molar-refractivity contribution in [2.24, 2.45) is 11.8 Å². The van der Waals surface area contributed by atoms with E-state index in [9.17, 15) is 44.7 Å². The molecule has 13 heteroatoms. The molecule has 37 heavy (non-hydrogen) atoms. The number of amides is 2. The van der Waals surface area contributed by atoms with Crippen molar-refractivity contribution >= 4 is 11.8 Å². The smallest absolute Gasteiger partial charge is 0.347 e. The van der Waals surface area contributed by atoms with Gasteiger partial charge in [-0.2, -0.15) is 26.3 Å². The van der Waals surface area contributed by atoms with Gasteiger partial charge in [-0.25, -0.2) is 8.78 Å². The van der Waals surface area contributed by atoms with Crippen molar-refractivity contribution in [3.8, 4) is 0 Å². The fourth-order valence-corrected chi connectivity index (χ4v) is 4.54. The second-order valence-corrected chi connectivity index (χ2v) is 9.45. The Kier molecular flexibility index (Phi) is 6.93. The Labute approximate surface area is 205 Å². The number of pyridine rings is 1. The van der Waals surface area contributed by atoms with E-state index >= 15 is 0 Å². The molecule has 0 radical (unpaired) electrons. The number of alkyl halides is 6. The van der Waals surface area contributed by atoms with Gasteiger partial charge >= 0.3 is 12.4 Å². The molecule has 1 saturated carbocycles. The largest absolute Gasteiger partial charge is 0.419 e. The molecule has 2 aliphatic rings. The minimum absolute atomic E-state index is 0.0420. The Balaban J connectivity index is 1.58. The minimum Gasteiger partial charge on any atom is -0.347 e. The summed E-state index contributed by atoms with van der Waals surface area (Å²) in [5, 5.41) is 2.54. The SMILES string of the molecule is C[C@@H]1C[C@H](C(=O)N[C@@H](c2cc(F)c(C(F)(F)F)cc2F)C2CC2)N(C(=O)c2cncc(C(F)(F)F)c2)C1. The van der Waals surface area contributed by atoms with Gasteiger partial charge in [0.25, 0.3) is 5.91 Å². The molecule has 0 unspecified atom stereocenters. The molecule has 1 aliphatic heterocycles. The molecular weight excluding hydrogens is 514 g/mol. The van der Waals surface area contributed by atoms with Crippen LogP contribution < -0.4 is 5.32 Å². The molecule has 1 N–H and O–H groups in total. The lowest BCUT2D eigenvalue weighted by Crippen LogP contribution is -2.47. The Morgan fingerprint density at radius 2 is 1.68 bits per heavy atom. The van der Waals surface area contributed by atoms with Gasteiger partial charge in [-0.3, -0.25) is 14.6 Å². The van der Waals surface area contributed by atoms with Crippen LogP contribution in [0.25, 0.3) is 0 Å². The van der Waals surface area contributed by atoms with Gasteiger partial charge in [0, 0.05) is 24.5 Å². The van der Waals surface area contributed by atoms with Crippen LogP contribution in [0.4, 0.5) is 35.1 Å². The molecule has 1 aliphatic carbocycles. The van der Waals surface area contributed by atoms with Gasteiger partial charge in [0.15, 0.2) is 0 Å². The summed E-state index contributed by atoms with van der Waals surface area (Å²) in [4.78, 5) is 30.8. The Bertz CT molecular complexity index is 1210. The number of likely N-dealkylation sites (tertiary alicyclic amines) is 1. The number of carbonyl (C=O) groups excluding carboxylic acids is 2. The number of nitrogens with one attached hydrogen (secondary N) is 1. The maximum atomic E-state index is 14.7. The predicted octanol–water partition coefficient (Wildman–Crippen LogP) is 5.52. The molecule has 200 valence electrons. The van der Waals surface area contributed by atoms with E-state index in [0.29, 0.717) is 31.2 Å². The van der Waals surface area contributed by atoms with E-state index < -0.39 is 64.6 Å². The summed E-state index contributed by atoms with van der Waals surface area (Å²) in [7, 11) is 0. The molecule has 0 spiro atoms. The highest BCUT2D eigenvalue weighted by molar-refractivity contribution is 5.98. The standard InChI is InChI=1S/C24H21F8N3O2/c1-11-4-19(35(10-11)22(37)13-5-14(9-33-8-13)23(27,28)29)21(36)34-20(12-2-3-12)15-6-18(26)16(7-17(15)25)24(30,31)32/h5-9,11-12,19-20H,2-4,10H2,1H3,(H,34,36)/t11-,19-,20-/m1/s1. The average molecular weight is 535 g/mol. The minimum atomic E-state index is -5.11. The number of rotatable bonds is 5. The van der Waals surface area contributed by atoms with Crippen LogP contribution in [-0.2, 0) is 17.1 Å². The van der Waals surface area contributed by atoms with Gasteiger partial charge < -0.3 is 10.2 Å². The fraction of sp³-hybridized carbons (Fsp3) is 0.458. The maximum Gasteiger partial charge on any atom is 0.419 e. The molecular formula is C24H21F8N3O2. The lowest BCUT2D eigenvalue weighted by atomic mass is 9.98. The van der Waals surface area contributed by atoms with Crippen molar-refractivity contribution in [3.63, 3.8) is 0 Å². The third kappa shape index (κ3) is 5.69. The monoisotopic (exact) mass is 535 g/mol. The number of benzene rings is 1. The highest BCUT2D eigenvalue weighted by Gasteiger charge is 2.43. The van der Waals surface area contributed by atoms with Gasteiger partial charge in [-0.1, -0.05) is 6.92 Å². The zero-order valence-corrected chi connectivity index (χ0v) is 19.3. The van der Waals surface area contributed by atoms with E-state index in [2.05, 4.69) is 10.3 Å². The molecule has 3 atom stereocenters. The number of aromatic nitrogens is 1. The van der Waals surface area contributed by atoms with Crippen LogP contribution in [0.3, 0.4) is 0 Å². The summed E-state index contributed by atoms with van der Waals surface area (Å²) in [6, 6.07) is -1.20. The topological polar surface area (TPSA) is 62.3 Å². The Morgan fingerprint density at radius 3 is 2.27 bits per heavy atom. The summed E-state index contributed by atoms with van der Waals surface area (Å²) in [6.45, 7) is 1.77. The van der Waals surface area contributed by atoms with Crippen molar-refractivity contribution in [2.45, 2.75) is 50.6 Å². The van der Waals surface area contributed by atoms with E-state index in [0.717, 1.165) is 11.1 Å². The van der Waals surface area contributed by atoms with Crippen LogP contribution >= 0.6 is 0 Å².